The van der Waals surface area contributed by atoms with Gasteiger partial charge >= 0.3 is 0 Å². The average Bonchev–Trinajstić information content (AvgIpc) is 2.18. The predicted molar refractivity (Wildman–Crippen MR) is 67.6 cm³/mol. The fourth-order valence-electron chi connectivity index (χ4n) is 0.896. The summed E-state index contributed by atoms with van der Waals surface area (Å²) in [5.74, 6) is -0.0636. The van der Waals surface area contributed by atoms with E-state index in [2.05, 4.69) is 26.1 Å². The summed E-state index contributed by atoms with van der Waals surface area (Å²) in [6.07, 6.45) is 3.43. The highest BCUT2D eigenvalue weighted by molar-refractivity contribution is 9.12. The molecule has 15 heavy (non-hydrogen) atoms. The van der Waals surface area contributed by atoms with Crippen LogP contribution in [0, 0.1) is 0 Å². The summed E-state index contributed by atoms with van der Waals surface area (Å²) < 4.78 is 0.790. The zero-order valence-corrected chi connectivity index (χ0v) is 9.55. The van der Waals surface area contributed by atoms with Crippen LogP contribution in [0.5, 0.6) is 0 Å². The highest BCUT2D eigenvalue weighted by Gasteiger charge is 1.88. The molecule has 0 aliphatic heterocycles. The van der Waals surface area contributed by atoms with Crippen molar-refractivity contribution in [3.63, 3.8) is 0 Å². The van der Waals surface area contributed by atoms with Crippen molar-refractivity contribution in [1.29, 1.82) is 0 Å². The predicted octanol–water partition coefficient (Wildman–Crippen LogP) is 1.68. The molecule has 0 amide bonds. The smallest absolute Gasteiger partial charge is 0.211 e. The van der Waals surface area contributed by atoms with Gasteiger partial charge in [0.1, 0.15) is 0 Å². The van der Waals surface area contributed by atoms with Crippen LogP contribution in [0.4, 0.5) is 0 Å². The van der Waals surface area contributed by atoms with E-state index in [9.17, 15) is 0 Å². The minimum Gasteiger partial charge on any atom is -0.369 e. The summed E-state index contributed by atoms with van der Waals surface area (Å²) in [6, 6.07) is 9.84. The molecule has 0 aromatic heterocycles. The van der Waals surface area contributed by atoms with Crippen LogP contribution in [-0.2, 0) is 0 Å². The third kappa shape index (κ3) is 4.97. The molecule has 0 unspecified atom stereocenters. The second-order valence-corrected chi connectivity index (χ2v) is 3.63. The van der Waals surface area contributed by atoms with E-state index in [4.69, 9.17) is 11.5 Å². The summed E-state index contributed by atoms with van der Waals surface area (Å²) in [4.78, 5) is 0. The van der Waals surface area contributed by atoms with E-state index in [1.54, 1.807) is 0 Å². The van der Waals surface area contributed by atoms with Crippen molar-refractivity contribution in [1.82, 2.24) is 0 Å². The van der Waals surface area contributed by atoms with Gasteiger partial charge in [-0.15, -0.1) is 5.10 Å². The molecule has 1 aromatic rings. The maximum atomic E-state index is 5.11. The quantitative estimate of drug-likeness (QED) is 0.496. The van der Waals surface area contributed by atoms with Gasteiger partial charge in [-0.2, -0.15) is 5.10 Å². The van der Waals surface area contributed by atoms with Crippen molar-refractivity contribution < 1.29 is 0 Å². The van der Waals surface area contributed by atoms with Crippen LogP contribution in [0.15, 0.2) is 45.0 Å². The number of allylic oxidation sites excluding steroid dienone is 1. The molecule has 0 aliphatic rings. The highest BCUT2D eigenvalue weighted by atomic mass is 79.9. The van der Waals surface area contributed by atoms with E-state index in [0.717, 1.165) is 10.0 Å². The van der Waals surface area contributed by atoms with E-state index >= 15 is 0 Å². The Kier molecular flexibility index (Phi) is 4.56. The van der Waals surface area contributed by atoms with E-state index in [-0.39, 0.29) is 5.96 Å². The number of benzene rings is 1. The molecule has 78 valence electrons. The third-order valence-electron chi connectivity index (χ3n) is 1.46. The number of nitrogens with zero attached hydrogens (tertiary/aromatic N) is 2. The average molecular weight is 267 g/mol. The van der Waals surface area contributed by atoms with Gasteiger partial charge in [0.2, 0.25) is 5.96 Å². The lowest BCUT2D eigenvalue weighted by Crippen LogP contribution is -2.21. The number of halogens is 1. The molecule has 1 aromatic carbocycles. The first-order valence-corrected chi connectivity index (χ1v) is 5.02. The summed E-state index contributed by atoms with van der Waals surface area (Å²) in [5.41, 5.74) is 11.3. The SMILES string of the molecule is NC(N)=NN=CC(Br)=Cc1ccccc1. The summed E-state index contributed by atoms with van der Waals surface area (Å²) >= 11 is 3.33. The normalized spacial score (nSPS) is 11.7. The maximum Gasteiger partial charge on any atom is 0.211 e. The largest absolute Gasteiger partial charge is 0.369 e. The number of nitrogens with two attached hydrogens (primary N) is 2. The van der Waals surface area contributed by atoms with Crippen LogP contribution in [-0.4, -0.2) is 12.2 Å². The third-order valence-corrected chi connectivity index (χ3v) is 1.89. The molecule has 0 saturated carbocycles. The maximum absolute atomic E-state index is 5.11. The van der Waals surface area contributed by atoms with E-state index in [1.165, 1.54) is 6.21 Å². The van der Waals surface area contributed by atoms with Gasteiger partial charge in [-0.05, 0) is 27.6 Å². The van der Waals surface area contributed by atoms with Gasteiger partial charge in [-0.3, -0.25) is 0 Å². The minimum absolute atomic E-state index is 0.0636. The second kappa shape index (κ2) is 5.98. The Morgan fingerprint density at radius 3 is 2.47 bits per heavy atom. The van der Waals surface area contributed by atoms with Crippen LogP contribution in [0.3, 0.4) is 0 Å². The molecule has 0 heterocycles. The minimum atomic E-state index is -0.0636. The molecule has 0 atom stereocenters. The summed E-state index contributed by atoms with van der Waals surface area (Å²) in [5, 5.41) is 7.14. The number of hydrogen-bond donors (Lipinski definition) is 2. The Morgan fingerprint density at radius 2 is 1.87 bits per heavy atom. The second-order valence-electron chi connectivity index (χ2n) is 2.71. The van der Waals surface area contributed by atoms with E-state index in [1.807, 2.05) is 36.4 Å². The Morgan fingerprint density at radius 1 is 1.20 bits per heavy atom. The monoisotopic (exact) mass is 266 g/mol. The van der Waals surface area contributed by atoms with E-state index in [0.29, 0.717) is 0 Å². The lowest BCUT2D eigenvalue weighted by atomic mass is 10.2. The van der Waals surface area contributed by atoms with Crippen molar-refractivity contribution in [2.24, 2.45) is 21.7 Å². The molecule has 1 rings (SSSR count). The standard InChI is InChI=1S/C10H11BrN4/c11-9(7-14-15-10(12)13)6-8-4-2-1-3-5-8/h1-7H,(H4,12,13,15). The van der Waals surface area contributed by atoms with Gasteiger partial charge in [-0.1, -0.05) is 30.3 Å². The van der Waals surface area contributed by atoms with Crippen LogP contribution >= 0.6 is 15.9 Å². The van der Waals surface area contributed by atoms with Gasteiger partial charge in [0.05, 0.1) is 6.21 Å². The van der Waals surface area contributed by atoms with Crippen molar-refractivity contribution in [3.05, 3.63) is 40.4 Å². The molecule has 0 fully saturated rings. The van der Waals surface area contributed by atoms with Crippen molar-refractivity contribution in [3.8, 4) is 0 Å². The van der Waals surface area contributed by atoms with Crippen LogP contribution < -0.4 is 11.5 Å². The molecule has 0 aliphatic carbocycles. The van der Waals surface area contributed by atoms with Gasteiger partial charge in [0, 0.05) is 4.48 Å². The lowest BCUT2D eigenvalue weighted by molar-refractivity contribution is 1.22. The van der Waals surface area contributed by atoms with E-state index < -0.39 is 0 Å². The molecule has 0 saturated heterocycles. The zero-order valence-electron chi connectivity index (χ0n) is 7.97. The molecule has 5 heteroatoms. The lowest BCUT2D eigenvalue weighted by Gasteiger charge is -1.91. The van der Waals surface area contributed by atoms with Gasteiger partial charge in [0.15, 0.2) is 0 Å². The zero-order chi connectivity index (χ0) is 11.1. The molecule has 0 radical (unpaired) electrons. The van der Waals surface area contributed by atoms with Crippen LogP contribution in [0.1, 0.15) is 5.56 Å². The highest BCUT2D eigenvalue weighted by Crippen LogP contribution is 2.09. The van der Waals surface area contributed by atoms with Crippen molar-refractivity contribution in [2.45, 2.75) is 0 Å². The fourth-order valence-corrected chi connectivity index (χ4v) is 1.25. The van der Waals surface area contributed by atoms with Crippen molar-refractivity contribution >= 4 is 34.2 Å². The Labute approximate surface area is 96.5 Å². The Bertz CT molecular complexity index is 391. The molecule has 0 bridgehead atoms. The van der Waals surface area contributed by atoms with Crippen LogP contribution in [0.25, 0.3) is 6.08 Å². The first-order chi connectivity index (χ1) is 7.18. The van der Waals surface area contributed by atoms with Gasteiger partial charge in [0.25, 0.3) is 0 Å². The molecule has 4 nitrogen and oxygen atoms in total. The molecular weight excluding hydrogens is 256 g/mol. The van der Waals surface area contributed by atoms with Crippen LogP contribution in [0.2, 0.25) is 0 Å². The Hall–Kier alpha value is -1.62. The summed E-state index contributed by atoms with van der Waals surface area (Å²) in [7, 11) is 0. The number of rotatable bonds is 3. The first kappa shape index (κ1) is 11.5. The molecular formula is C10H11BrN4. The molecule has 4 N–H and O–H groups in total. The number of guanidine groups is 1. The Balaban J connectivity index is 2.69. The van der Waals surface area contributed by atoms with Gasteiger partial charge in [-0.25, -0.2) is 0 Å². The summed E-state index contributed by atoms with van der Waals surface area (Å²) in [6.45, 7) is 0. The topological polar surface area (TPSA) is 76.8 Å². The number of hydrogen-bond acceptors (Lipinski definition) is 2. The van der Waals surface area contributed by atoms with Gasteiger partial charge < -0.3 is 11.5 Å². The first-order valence-electron chi connectivity index (χ1n) is 4.22. The van der Waals surface area contributed by atoms with Crippen molar-refractivity contribution in [2.75, 3.05) is 0 Å². The molecule has 0 spiro atoms. The fraction of sp³-hybridized carbons (Fsp3) is 0.